The number of hydroxylamine groups is 2. The van der Waals surface area contributed by atoms with Crippen LogP contribution in [-0.2, 0) is 29.8 Å². The van der Waals surface area contributed by atoms with E-state index < -0.39 is 45.1 Å². The minimum absolute atomic E-state index is 0.0795. The van der Waals surface area contributed by atoms with Crippen LogP contribution in [0.2, 0.25) is 0 Å². The van der Waals surface area contributed by atoms with E-state index >= 15 is 0 Å². The van der Waals surface area contributed by atoms with E-state index in [0.29, 0.717) is 29.8 Å². The highest BCUT2D eigenvalue weighted by Crippen LogP contribution is 2.49. The number of rotatable bonds is 5. The van der Waals surface area contributed by atoms with Crippen LogP contribution in [0.15, 0.2) is 40.7 Å². The third-order valence-corrected chi connectivity index (χ3v) is 7.38. The van der Waals surface area contributed by atoms with Gasteiger partial charge in [0.05, 0.1) is 27.5 Å². The number of allylic oxidation sites excluding steroid dienone is 2. The number of nitro benzene ring substituents is 1. The SMILES string of the molecule is CC1=C(C(=O)OC(C)(C)C)C(c2ccc(C3(C)CCC(C)(C)N3[O])cc2[N+](=O)[O-])C(C(=O)OC(C)(C)C)=C(C)N1. The van der Waals surface area contributed by atoms with Crippen molar-refractivity contribution in [2.24, 2.45) is 0 Å². The van der Waals surface area contributed by atoms with Crippen LogP contribution in [0, 0.1) is 10.1 Å². The molecule has 1 atom stereocenters. The number of nitrogens with one attached hydrogen (secondary N) is 1. The molecular weight excluding hydrogens is 514 g/mol. The summed E-state index contributed by atoms with van der Waals surface area (Å²) in [6, 6.07) is 4.62. The van der Waals surface area contributed by atoms with Gasteiger partial charge in [-0.15, -0.1) is 10.3 Å². The highest BCUT2D eigenvalue weighted by Gasteiger charge is 2.50. The summed E-state index contributed by atoms with van der Waals surface area (Å²) in [6.07, 6.45) is 1.16. The first-order valence-corrected chi connectivity index (χ1v) is 13.5. The van der Waals surface area contributed by atoms with Gasteiger partial charge < -0.3 is 14.8 Å². The predicted molar refractivity (Wildman–Crippen MR) is 149 cm³/mol. The van der Waals surface area contributed by atoms with Crippen LogP contribution in [0.1, 0.15) is 106 Å². The number of benzene rings is 1. The molecule has 2 aliphatic heterocycles. The number of carbonyl (C=O) groups is 2. The van der Waals surface area contributed by atoms with Gasteiger partial charge in [0.1, 0.15) is 11.2 Å². The van der Waals surface area contributed by atoms with Crippen molar-refractivity contribution in [1.29, 1.82) is 0 Å². The molecule has 219 valence electrons. The molecular formula is C30H42N3O7. The van der Waals surface area contributed by atoms with Gasteiger partial charge in [-0.25, -0.2) is 9.59 Å². The lowest BCUT2D eigenvalue weighted by molar-refractivity contribution is -0.385. The van der Waals surface area contributed by atoms with Crippen molar-refractivity contribution in [3.8, 4) is 0 Å². The van der Waals surface area contributed by atoms with Crippen LogP contribution in [0.3, 0.4) is 0 Å². The maximum absolute atomic E-state index is 13.6. The average molecular weight is 557 g/mol. The fraction of sp³-hybridized carbons (Fsp3) is 0.600. The highest BCUT2D eigenvalue weighted by atomic mass is 16.6. The number of dihydropyridines is 1. The lowest BCUT2D eigenvalue weighted by atomic mass is 9.78. The molecule has 0 aromatic heterocycles. The molecule has 0 amide bonds. The fourth-order valence-corrected chi connectivity index (χ4v) is 5.48. The van der Waals surface area contributed by atoms with Crippen molar-refractivity contribution < 1.29 is 29.2 Å². The Morgan fingerprint density at radius 3 is 1.80 bits per heavy atom. The zero-order chi connectivity index (χ0) is 30.6. The Hall–Kier alpha value is -3.24. The number of nitrogens with zero attached hydrogens (tertiary/aromatic N) is 2. The Morgan fingerprint density at radius 1 is 0.950 bits per heavy atom. The van der Waals surface area contributed by atoms with E-state index in [1.807, 2.05) is 13.8 Å². The van der Waals surface area contributed by atoms with Gasteiger partial charge in [0.25, 0.3) is 5.69 Å². The standard InChI is InChI=1S/C30H42N3O7/c1-17-22(25(34)39-27(3,4)5)24(23(18(2)31-17)26(35)40-28(6,7)8)20-13-12-19(16-21(20)32(36)37)30(11)15-14-29(9,10)33(30)38/h12-13,16,24,31H,14-15H2,1-11H3. The van der Waals surface area contributed by atoms with Crippen molar-refractivity contribution in [3.05, 3.63) is 62.0 Å². The average Bonchev–Trinajstić information content (AvgIpc) is 2.99. The third kappa shape index (κ3) is 6.07. The van der Waals surface area contributed by atoms with Gasteiger partial charge >= 0.3 is 11.9 Å². The Kier molecular flexibility index (Phi) is 8.06. The van der Waals surface area contributed by atoms with Gasteiger partial charge in [-0.3, -0.25) is 10.1 Å². The monoisotopic (exact) mass is 556 g/mol. The molecule has 3 rings (SSSR count). The maximum atomic E-state index is 13.6. The molecule has 0 aliphatic carbocycles. The maximum Gasteiger partial charge on any atom is 0.337 e. The van der Waals surface area contributed by atoms with E-state index in [1.54, 1.807) is 74.4 Å². The van der Waals surface area contributed by atoms with Crippen LogP contribution < -0.4 is 5.32 Å². The number of carbonyl (C=O) groups excluding carboxylic acids is 2. The minimum Gasteiger partial charge on any atom is -0.457 e. The fourth-order valence-electron chi connectivity index (χ4n) is 5.48. The van der Waals surface area contributed by atoms with E-state index in [0.717, 1.165) is 5.06 Å². The van der Waals surface area contributed by atoms with Crippen molar-refractivity contribution >= 4 is 17.6 Å². The summed E-state index contributed by atoms with van der Waals surface area (Å²) in [5, 5.41) is 29.9. The number of ether oxygens (including phenoxy) is 2. The number of hydrogen-bond acceptors (Lipinski definition) is 8. The summed E-state index contributed by atoms with van der Waals surface area (Å²) < 4.78 is 11.4. The number of hydrogen-bond donors (Lipinski definition) is 1. The second-order valence-electron chi connectivity index (χ2n) is 13.6. The van der Waals surface area contributed by atoms with E-state index in [4.69, 9.17) is 9.47 Å². The third-order valence-electron chi connectivity index (χ3n) is 7.38. The summed E-state index contributed by atoms with van der Waals surface area (Å²) in [6.45, 7) is 19.1. The van der Waals surface area contributed by atoms with Gasteiger partial charge in [-0.05, 0) is 94.6 Å². The molecule has 2 aliphatic rings. The minimum atomic E-state index is -1.14. The lowest BCUT2D eigenvalue weighted by Gasteiger charge is -2.36. The molecule has 1 aromatic carbocycles. The molecule has 1 aromatic rings. The summed E-state index contributed by atoms with van der Waals surface area (Å²) in [5.41, 5.74) is -1.98. The summed E-state index contributed by atoms with van der Waals surface area (Å²) in [7, 11) is 0. The van der Waals surface area contributed by atoms with Gasteiger partial charge in [0.15, 0.2) is 0 Å². The zero-order valence-electron chi connectivity index (χ0n) is 25.5. The first-order chi connectivity index (χ1) is 18.1. The van der Waals surface area contributed by atoms with Gasteiger partial charge in [-0.2, -0.15) is 0 Å². The molecule has 0 spiro atoms. The molecule has 1 unspecified atom stereocenters. The zero-order valence-corrected chi connectivity index (χ0v) is 25.5. The van der Waals surface area contributed by atoms with Crippen LogP contribution in [0.5, 0.6) is 0 Å². The quantitative estimate of drug-likeness (QED) is 0.267. The van der Waals surface area contributed by atoms with Crippen LogP contribution >= 0.6 is 0 Å². The van der Waals surface area contributed by atoms with E-state index in [2.05, 4.69) is 5.32 Å². The normalized spacial score (nSPS) is 22.3. The van der Waals surface area contributed by atoms with Crippen molar-refractivity contribution in [2.75, 3.05) is 0 Å². The van der Waals surface area contributed by atoms with Crippen LogP contribution in [-0.4, -0.2) is 38.7 Å². The highest BCUT2D eigenvalue weighted by molar-refractivity contribution is 6.00. The number of esters is 2. The van der Waals surface area contributed by atoms with Gasteiger partial charge in [0.2, 0.25) is 0 Å². The van der Waals surface area contributed by atoms with Crippen LogP contribution in [0.25, 0.3) is 0 Å². The molecule has 0 saturated carbocycles. The first kappa shape index (κ1) is 31.3. The molecule has 1 saturated heterocycles. The Balaban J connectivity index is 2.29. The predicted octanol–water partition coefficient (Wildman–Crippen LogP) is 5.95. The molecule has 0 bridgehead atoms. The number of nitro groups is 1. The lowest BCUT2D eigenvalue weighted by Crippen LogP contribution is -2.44. The molecule has 1 radical (unpaired) electrons. The Bertz CT molecular complexity index is 1250. The summed E-state index contributed by atoms with van der Waals surface area (Å²) in [4.78, 5) is 39.2. The first-order valence-electron chi connectivity index (χ1n) is 13.5. The summed E-state index contributed by atoms with van der Waals surface area (Å²) in [5.74, 6) is -2.55. The molecule has 40 heavy (non-hydrogen) atoms. The molecule has 10 nitrogen and oxygen atoms in total. The smallest absolute Gasteiger partial charge is 0.337 e. The molecule has 1 fully saturated rings. The molecule has 10 heteroatoms. The van der Waals surface area contributed by atoms with Crippen LogP contribution in [0.4, 0.5) is 5.69 Å². The van der Waals surface area contributed by atoms with Crippen molar-refractivity contribution in [2.45, 2.75) is 117 Å². The largest absolute Gasteiger partial charge is 0.457 e. The summed E-state index contributed by atoms with van der Waals surface area (Å²) >= 11 is 0. The van der Waals surface area contributed by atoms with Crippen molar-refractivity contribution in [3.63, 3.8) is 0 Å². The Labute approximate surface area is 236 Å². The van der Waals surface area contributed by atoms with Crippen molar-refractivity contribution in [1.82, 2.24) is 10.4 Å². The Morgan fingerprint density at radius 2 is 1.43 bits per heavy atom. The van der Waals surface area contributed by atoms with Gasteiger partial charge in [-0.1, -0.05) is 12.1 Å². The van der Waals surface area contributed by atoms with E-state index in [-0.39, 0.29) is 22.4 Å². The van der Waals surface area contributed by atoms with E-state index in [9.17, 15) is 24.9 Å². The molecule has 2 heterocycles. The van der Waals surface area contributed by atoms with E-state index in [1.165, 1.54) is 6.07 Å². The molecule has 1 N–H and O–H groups in total. The second kappa shape index (κ2) is 10.3. The topological polar surface area (TPSA) is 131 Å². The van der Waals surface area contributed by atoms with Gasteiger partial charge in [0, 0.05) is 28.6 Å². The second-order valence-corrected chi connectivity index (χ2v) is 13.6.